The van der Waals surface area contributed by atoms with Crippen LogP contribution in [-0.2, 0) is 13.6 Å². The topological polar surface area (TPSA) is 64.7 Å². The summed E-state index contributed by atoms with van der Waals surface area (Å²) in [6.45, 7) is 6.31. The highest BCUT2D eigenvalue weighted by Crippen LogP contribution is 2.20. The van der Waals surface area contributed by atoms with E-state index in [1.807, 2.05) is 56.8 Å². The van der Waals surface area contributed by atoms with Crippen LogP contribution in [0, 0.1) is 20.8 Å². The molecular weight excluding hydrogens is 338 g/mol. The summed E-state index contributed by atoms with van der Waals surface area (Å²) in [4.78, 5) is 12.4. The molecule has 0 aliphatic rings. The summed E-state index contributed by atoms with van der Waals surface area (Å²) in [6, 6.07) is 7.47. The number of carbonyl (C=O) groups is 1. The van der Waals surface area contributed by atoms with Crippen LogP contribution < -0.4 is 5.32 Å². The van der Waals surface area contributed by atoms with Gasteiger partial charge in [0, 0.05) is 18.8 Å². The van der Waals surface area contributed by atoms with Gasteiger partial charge in [0.2, 0.25) is 0 Å². The molecular formula is C18H20ClN5O. The zero-order valence-corrected chi connectivity index (χ0v) is 15.4. The predicted molar refractivity (Wildman–Crippen MR) is 98.2 cm³/mol. The van der Waals surface area contributed by atoms with Gasteiger partial charge in [0.15, 0.2) is 0 Å². The fourth-order valence-corrected chi connectivity index (χ4v) is 2.82. The van der Waals surface area contributed by atoms with Crippen molar-refractivity contribution >= 4 is 23.2 Å². The third kappa shape index (κ3) is 3.58. The van der Waals surface area contributed by atoms with Gasteiger partial charge in [-0.25, -0.2) is 0 Å². The Balaban J connectivity index is 1.72. The molecule has 0 atom stereocenters. The first-order chi connectivity index (χ1) is 11.8. The fraction of sp³-hybridized carbons (Fsp3) is 0.278. The Morgan fingerprint density at radius 2 is 1.80 bits per heavy atom. The number of nitrogens with zero attached hydrogens (tertiary/aromatic N) is 4. The molecule has 3 rings (SSSR count). The van der Waals surface area contributed by atoms with Gasteiger partial charge in [-0.3, -0.25) is 14.2 Å². The number of aryl methyl sites for hydroxylation is 3. The predicted octanol–water partition coefficient (Wildman–Crippen LogP) is 3.50. The SMILES string of the molecule is Cc1nn(C)cc1NC(=O)c1ccc(Cn2nc(C)c(Cl)c2C)cc1. The zero-order valence-electron chi connectivity index (χ0n) is 14.7. The fourth-order valence-electron chi connectivity index (χ4n) is 2.68. The van der Waals surface area contributed by atoms with Crippen LogP contribution in [0.1, 0.15) is 33.0 Å². The molecule has 2 aromatic heterocycles. The number of anilines is 1. The first-order valence-electron chi connectivity index (χ1n) is 7.95. The molecule has 1 N–H and O–H groups in total. The van der Waals surface area contributed by atoms with Crippen LogP contribution in [0.2, 0.25) is 5.02 Å². The highest BCUT2D eigenvalue weighted by atomic mass is 35.5. The van der Waals surface area contributed by atoms with Crippen molar-refractivity contribution in [2.24, 2.45) is 7.05 Å². The van der Waals surface area contributed by atoms with Crippen molar-refractivity contribution in [3.05, 3.63) is 63.7 Å². The van der Waals surface area contributed by atoms with Gasteiger partial charge in [0.1, 0.15) is 0 Å². The third-order valence-electron chi connectivity index (χ3n) is 4.10. The molecule has 0 bridgehead atoms. The molecule has 6 nitrogen and oxygen atoms in total. The Labute approximate surface area is 151 Å². The Hall–Kier alpha value is -2.60. The molecule has 0 aliphatic heterocycles. The molecule has 25 heavy (non-hydrogen) atoms. The Kier molecular flexibility index (Phi) is 4.63. The van der Waals surface area contributed by atoms with Gasteiger partial charge in [0.25, 0.3) is 5.91 Å². The van der Waals surface area contributed by atoms with E-state index in [4.69, 9.17) is 11.6 Å². The van der Waals surface area contributed by atoms with E-state index in [1.54, 1.807) is 10.9 Å². The first-order valence-corrected chi connectivity index (χ1v) is 8.33. The first kappa shape index (κ1) is 17.2. The molecule has 0 aliphatic carbocycles. The van der Waals surface area contributed by atoms with E-state index in [-0.39, 0.29) is 5.91 Å². The van der Waals surface area contributed by atoms with Crippen LogP contribution in [0.4, 0.5) is 5.69 Å². The maximum absolute atomic E-state index is 12.4. The number of aromatic nitrogens is 4. The van der Waals surface area contributed by atoms with Crippen LogP contribution in [0.5, 0.6) is 0 Å². The molecule has 1 amide bonds. The summed E-state index contributed by atoms with van der Waals surface area (Å²) in [7, 11) is 1.82. The maximum atomic E-state index is 12.4. The van der Waals surface area contributed by atoms with Gasteiger partial charge in [-0.15, -0.1) is 0 Å². The van der Waals surface area contributed by atoms with Crippen molar-refractivity contribution < 1.29 is 4.79 Å². The van der Waals surface area contributed by atoms with Gasteiger partial charge < -0.3 is 5.32 Å². The van der Waals surface area contributed by atoms with Crippen molar-refractivity contribution in [3.8, 4) is 0 Å². The largest absolute Gasteiger partial charge is 0.319 e. The van der Waals surface area contributed by atoms with Crippen molar-refractivity contribution in [3.63, 3.8) is 0 Å². The Bertz CT molecular complexity index is 924. The summed E-state index contributed by atoms with van der Waals surface area (Å²) in [5.74, 6) is -0.156. The van der Waals surface area contributed by atoms with E-state index in [9.17, 15) is 4.79 Å². The molecule has 0 unspecified atom stereocenters. The molecule has 1 aromatic carbocycles. The number of benzene rings is 1. The molecule has 3 aromatic rings. The molecule has 0 saturated heterocycles. The van der Waals surface area contributed by atoms with Crippen molar-refractivity contribution in [2.45, 2.75) is 27.3 Å². The third-order valence-corrected chi connectivity index (χ3v) is 4.65. The quantitative estimate of drug-likeness (QED) is 0.777. The average Bonchev–Trinajstić information content (AvgIpc) is 3.01. The minimum absolute atomic E-state index is 0.156. The zero-order chi connectivity index (χ0) is 18.1. The van der Waals surface area contributed by atoms with Crippen molar-refractivity contribution in [2.75, 3.05) is 5.32 Å². The van der Waals surface area contributed by atoms with Crippen LogP contribution in [0.3, 0.4) is 0 Å². The Morgan fingerprint density at radius 3 is 2.32 bits per heavy atom. The van der Waals surface area contributed by atoms with Crippen LogP contribution in [0.15, 0.2) is 30.5 Å². The van der Waals surface area contributed by atoms with Crippen LogP contribution >= 0.6 is 11.6 Å². The van der Waals surface area contributed by atoms with Gasteiger partial charge in [-0.2, -0.15) is 10.2 Å². The molecule has 7 heteroatoms. The number of amides is 1. The number of nitrogens with one attached hydrogen (secondary N) is 1. The van der Waals surface area contributed by atoms with Crippen molar-refractivity contribution in [1.82, 2.24) is 19.6 Å². The summed E-state index contributed by atoms with van der Waals surface area (Å²) >= 11 is 6.18. The molecule has 0 spiro atoms. The number of halogens is 1. The number of hydrogen-bond acceptors (Lipinski definition) is 3. The lowest BCUT2D eigenvalue weighted by atomic mass is 10.1. The van der Waals surface area contributed by atoms with Crippen LogP contribution in [-0.4, -0.2) is 25.5 Å². The van der Waals surface area contributed by atoms with E-state index < -0.39 is 0 Å². The molecule has 0 saturated carbocycles. The minimum atomic E-state index is -0.156. The normalized spacial score (nSPS) is 10.9. The molecule has 0 fully saturated rings. The standard InChI is InChI=1S/C18H20ClN5O/c1-11-16(10-23(4)21-11)20-18(25)15-7-5-14(6-8-15)9-24-13(3)17(19)12(2)22-24/h5-8,10H,9H2,1-4H3,(H,20,25). The van der Waals surface area contributed by atoms with E-state index in [0.717, 1.165) is 22.6 Å². The lowest BCUT2D eigenvalue weighted by Crippen LogP contribution is -2.12. The smallest absolute Gasteiger partial charge is 0.255 e. The summed E-state index contributed by atoms with van der Waals surface area (Å²) in [5.41, 5.74) is 4.91. The van der Waals surface area contributed by atoms with Gasteiger partial charge in [-0.05, 0) is 38.5 Å². The minimum Gasteiger partial charge on any atom is -0.319 e. The van der Waals surface area contributed by atoms with Gasteiger partial charge >= 0.3 is 0 Å². The Morgan fingerprint density at radius 1 is 1.12 bits per heavy atom. The maximum Gasteiger partial charge on any atom is 0.255 e. The molecule has 2 heterocycles. The summed E-state index contributed by atoms with van der Waals surface area (Å²) < 4.78 is 3.54. The monoisotopic (exact) mass is 357 g/mol. The summed E-state index contributed by atoms with van der Waals surface area (Å²) in [5, 5.41) is 12.2. The van der Waals surface area contributed by atoms with E-state index >= 15 is 0 Å². The second kappa shape index (κ2) is 6.72. The molecule has 0 radical (unpaired) electrons. The second-order valence-electron chi connectivity index (χ2n) is 6.10. The van der Waals surface area contributed by atoms with Gasteiger partial charge in [-0.1, -0.05) is 23.7 Å². The van der Waals surface area contributed by atoms with Crippen molar-refractivity contribution in [1.29, 1.82) is 0 Å². The summed E-state index contributed by atoms with van der Waals surface area (Å²) in [6.07, 6.45) is 1.79. The lowest BCUT2D eigenvalue weighted by molar-refractivity contribution is 0.102. The van der Waals surface area contributed by atoms with E-state index in [0.29, 0.717) is 22.8 Å². The lowest BCUT2D eigenvalue weighted by Gasteiger charge is -2.07. The number of rotatable bonds is 4. The highest BCUT2D eigenvalue weighted by molar-refractivity contribution is 6.31. The van der Waals surface area contributed by atoms with Crippen LogP contribution in [0.25, 0.3) is 0 Å². The molecule has 130 valence electrons. The van der Waals surface area contributed by atoms with Gasteiger partial charge in [0.05, 0.1) is 34.3 Å². The number of hydrogen-bond donors (Lipinski definition) is 1. The highest BCUT2D eigenvalue weighted by Gasteiger charge is 2.12. The van der Waals surface area contributed by atoms with E-state index in [2.05, 4.69) is 15.5 Å². The average molecular weight is 358 g/mol. The number of carbonyl (C=O) groups excluding carboxylic acids is 1. The second-order valence-corrected chi connectivity index (χ2v) is 6.47. The van der Waals surface area contributed by atoms with E-state index in [1.165, 1.54) is 0 Å².